The van der Waals surface area contributed by atoms with Crippen molar-refractivity contribution in [2.45, 2.75) is 31.3 Å². The summed E-state index contributed by atoms with van der Waals surface area (Å²) in [5, 5.41) is 12.0. The Kier molecular flexibility index (Phi) is 3.34. The second kappa shape index (κ2) is 4.86. The van der Waals surface area contributed by atoms with Crippen LogP contribution in [0.25, 0.3) is 0 Å². The first-order valence-corrected chi connectivity index (χ1v) is 7.08. The van der Waals surface area contributed by atoms with Crippen LogP contribution in [-0.2, 0) is 18.4 Å². The first-order chi connectivity index (χ1) is 9.10. The van der Waals surface area contributed by atoms with E-state index in [2.05, 4.69) is 0 Å². The van der Waals surface area contributed by atoms with Crippen molar-refractivity contribution in [1.29, 1.82) is 0 Å². The Bertz CT molecular complexity index is 606. The van der Waals surface area contributed by atoms with Crippen LogP contribution in [0.15, 0.2) is 34.9 Å². The van der Waals surface area contributed by atoms with E-state index in [9.17, 15) is 5.11 Å². The minimum Gasteiger partial charge on any atom is -0.469 e. The Morgan fingerprint density at radius 1 is 1.26 bits per heavy atom. The first kappa shape index (κ1) is 13.0. The molecule has 1 atom stereocenters. The highest BCUT2D eigenvalue weighted by molar-refractivity contribution is 6.42. The average molecular weight is 297 g/mol. The van der Waals surface area contributed by atoms with Gasteiger partial charge in [0, 0.05) is 18.4 Å². The minimum atomic E-state index is -0.908. The molecule has 0 aliphatic heterocycles. The monoisotopic (exact) mass is 296 g/mol. The number of fused-ring (bicyclic) bond motifs is 1. The van der Waals surface area contributed by atoms with Crippen LogP contribution in [0.5, 0.6) is 0 Å². The zero-order valence-corrected chi connectivity index (χ0v) is 11.8. The predicted molar refractivity (Wildman–Crippen MR) is 75.7 cm³/mol. The molecule has 1 N–H and O–H groups in total. The number of aryl methyl sites for hydroxylation is 1. The van der Waals surface area contributed by atoms with Crippen LogP contribution >= 0.6 is 23.2 Å². The topological polar surface area (TPSA) is 33.4 Å². The predicted octanol–water partition coefficient (Wildman–Crippen LogP) is 4.35. The van der Waals surface area contributed by atoms with Gasteiger partial charge in [0.2, 0.25) is 0 Å². The zero-order valence-electron chi connectivity index (χ0n) is 10.3. The van der Waals surface area contributed by atoms with Crippen LogP contribution in [0.4, 0.5) is 0 Å². The molecule has 0 bridgehead atoms. The SMILES string of the molecule is OC1(Cc2cccc(Cl)c2Cl)CCCc2occc21. The highest BCUT2D eigenvalue weighted by Gasteiger charge is 2.36. The van der Waals surface area contributed by atoms with Crippen molar-refractivity contribution < 1.29 is 9.52 Å². The number of aliphatic hydroxyl groups is 1. The molecule has 0 saturated heterocycles. The normalized spacial score (nSPS) is 22.3. The fourth-order valence-electron chi connectivity index (χ4n) is 2.81. The summed E-state index contributed by atoms with van der Waals surface area (Å²) in [6.45, 7) is 0. The summed E-state index contributed by atoms with van der Waals surface area (Å²) in [7, 11) is 0. The van der Waals surface area contributed by atoms with Crippen molar-refractivity contribution in [3.8, 4) is 0 Å². The van der Waals surface area contributed by atoms with Gasteiger partial charge in [0.05, 0.1) is 21.9 Å². The van der Waals surface area contributed by atoms with Crippen molar-refractivity contribution in [3.63, 3.8) is 0 Å². The van der Waals surface area contributed by atoms with Crippen LogP contribution in [0.2, 0.25) is 10.0 Å². The molecule has 0 fully saturated rings. The number of rotatable bonds is 2. The van der Waals surface area contributed by atoms with E-state index in [0.717, 1.165) is 29.7 Å². The van der Waals surface area contributed by atoms with Gasteiger partial charge in [-0.05, 0) is 30.5 Å². The lowest BCUT2D eigenvalue weighted by Gasteiger charge is -2.32. The van der Waals surface area contributed by atoms with E-state index < -0.39 is 5.60 Å². The van der Waals surface area contributed by atoms with Gasteiger partial charge < -0.3 is 9.52 Å². The summed E-state index contributed by atoms with van der Waals surface area (Å²) in [6.07, 6.45) is 4.60. The van der Waals surface area contributed by atoms with Gasteiger partial charge in [0.25, 0.3) is 0 Å². The smallest absolute Gasteiger partial charge is 0.109 e. The molecule has 0 radical (unpaired) electrons. The maximum absolute atomic E-state index is 10.9. The highest BCUT2D eigenvalue weighted by atomic mass is 35.5. The van der Waals surface area contributed by atoms with Gasteiger partial charge in [-0.2, -0.15) is 0 Å². The number of furan rings is 1. The summed E-state index contributed by atoms with van der Waals surface area (Å²) < 4.78 is 5.42. The Labute approximate surface area is 122 Å². The number of benzene rings is 1. The van der Waals surface area contributed by atoms with Crippen LogP contribution in [0, 0.1) is 0 Å². The van der Waals surface area contributed by atoms with Crippen LogP contribution < -0.4 is 0 Å². The van der Waals surface area contributed by atoms with E-state index in [1.165, 1.54) is 0 Å². The van der Waals surface area contributed by atoms with Crippen molar-refractivity contribution in [1.82, 2.24) is 0 Å². The molecule has 1 unspecified atom stereocenters. The van der Waals surface area contributed by atoms with E-state index in [1.54, 1.807) is 12.3 Å². The molecule has 1 aromatic carbocycles. The number of hydrogen-bond acceptors (Lipinski definition) is 2. The summed E-state index contributed by atoms with van der Waals surface area (Å²) in [5.74, 6) is 0.881. The number of halogens is 2. The molecule has 3 rings (SSSR count). The van der Waals surface area contributed by atoms with Crippen LogP contribution in [-0.4, -0.2) is 5.11 Å². The molecule has 1 aromatic heterocycles. The van der Waals surface area contributed by atoms with E-state index in [0.29, 0.717) is 22.9 Å². The molecule has 0 saturated carbocycles. The second-order valence-electron chi connectivity index (χ2n) is 5.03. The lowest BCUT2D eigenvalue weighted by atomic mass is 9.79. The lowest BCUT2D eigenvalue weighted by Crippen LogP contribution is -2.32. The molecular formula is C15H14Cl2O2. The number of hydrogen-bond donors (Lipinski definition) is 1. The highest BCUT2D eigenvalue weighted by Crippen LogP contribution is 2.40. The van der Waals surface area contributed by atoms with Gasteiger partial charge in [-0.1, -0.05) is 35.3 Å². The Hall–Kier alpha value is -0.960. The quantitative estimate of drug-likeness (QED) is 0.893. The van der Waals surface area contributed by atoms with Gasteiger partial charge in [-0.15, -0.1) is 0 Å². The van der Waals surface area contributed by atoms with Crippen molar-refractivity contribution in [2.75, 3.05) is 0 Å². The molecule has 0 amide bonds. The summed E-state index contributed by atoms with van der Waals surface area (Å²) in [4.78, 5) is 0. The third-order valence-electron chi connectivity index (χ3n) is 3.76. The molecular weight excluding hydrogens is 283 g/mol. The third kappa shape index (κ3) is 2.29. The van der Waals surface area contributed by atoms with Crippen molar-refractivity contribution >= 4 is 23.2 Å². The lowest BCUT2D eigenvalue weighted by molar-refractivity contribution is 0.0169. The third-order valence-corrected chi connectivity index (χ3v) is 4.61. The molecule has 2 nitrogen and oxygen atoms in total. The summed E-state index contributed by atoms with van der Waals surface area (Å²) in [6, 6.07) is 7.36. The van der Waals surface area contributed by atoms with Gasteiger partial charge in [0.1, 0.15) is 5.76 Å². The van der Waals surface area contributed by atoms with E-state index in [4.69, 9.17) is 27.6 Å². The Morgan fingerprint density at radius 2 is 2.11 bits per heavy atom. The van der Waals surface area contributed by atoms with Crippen LogP contribution in [0.1, 0.15) is 29.7 Å². The molecule has 100 valence electrons. The first-order valence-electron chi connectivity index (χ1n) is 6.32. The molecule has 4 heteroatoms. The molecule has 0 spiro atoms. The minimum absolute atomic E-state index is 0.457. The molecule has 2 aromatic rings. The molecule has 1 aliphatic rings. The van der Waals surface area contributed by atoms with Gasteiger partial charge in [0.15, 0.2) is 0 Å². The largest absolute Gasteiger partial charge is 0.469 e. The Balaban J connectivity index is 1.98. The fourth-order valence-corrected chi connectivity index (χ4v) is 3.20. The van der Waals surface area contributed by atoms with Crippen molar-refractivity contribution in [2.24, 2.45) is 0 Å². The molecule has 19 heavy (non-hydrogen) atoms. The van der Waals surface area contributed by atoms with Crippen molar-refractivity contribution in [3.05, 3.63) is 57.5 Å². The second-order valence-corrected chi connectivity index (χ2v) is 5.82. The zero-order chi connectivity index (χ0) is 13.5. The maximum Gasteiger partial charge on any atom is 0.109 e. The summed E-state index contributed by atoms with van der Waals surface area (Å²) >= 11 is 12.2. The molecule has 1 aliphatic carbocycles. The van der Waals surface area contributed by atoms with E-state index in [1.807, 2.05) is 18.2 Å². The van der Waals surface area contributed by atoms with Gasteiger partial charge in [-0.25, -0.2) is 0 Å². The van der Waals surface area contributed by atoms with Crippen LogP contribution in [0.3, 0.4) is 0 Å². The standard InChI is InChI=1S/C15H14Cl2O2/c16-12-4-1-3-10(14(12)17)9-15(18)7-2-5-13-11(15)6-8-19-13/h1,3-4,6,8,18H,2,5,7,9H2. The van der Waals surface area contributed by atoms with Gasteiger partial charge in [-0.3, -0.25) is 0 Å². The van der Waals surface area contributed by atoms with E-state index >= 15 is 0 Å². The summed E-state index contributed by atoms with van der Waals surface area (Å²) in [5.41, 5.74) is 0.843. The fraction of sp³-hybridized carbons (Fsp3) is 0.333. The molecule has 1 heterocycles. The average Bonchev–Trinajstić information content (AvgIpc) is 2.85. The van der Waals surface area contributed by atoms with Gasteiger partial charge >= 0.3 is 0 Å². The Morgan fingerprint density at radius 3 is 2.95 bits per heavy atom. The van der Waals surface area contributed by atoms with E-state index in [-0.39, 0.29) is 0 Å². The maximum atomic E-state index is 10.9.